The van der Waals surface area contributed by atoms with Gasteiger partial charge in [0.25, 0.3) is 11.8 Å². The fraction of sp³-hybridized carbons (Fsp3) is 0.214. The Kier molecular flexibility index (Phi) is 6.05. The highest BCUT2D eigenvalue weighted by atomic mass is 16.5. The molecule has 1 aliphatic rings. The molecule has 5 heteroatoms. The number of nitrogens with zero attached hydrogens (tertiary/aromatic N) is 1. The number of nitrogens with one attached hydrogen (secondary N) is 1. The van der Waals surface area contributed by atoms with E-state index >= 15 is 0 Å². The number of amides is 2. The zero-order chi connectivity index (χ0) is 23.7. The molecule has 4 rings (SSSR count). The fourth-order valence-corrected chi connectivity index (χ4v) is 4.13. The average molecular weight is 441 g/mol. The van der Waals surface area contributed by atoms with Crippen molar-refractivity contribution in [3.63, 3.8) is 0 Å². The summed E-state index contributed by atoms with van der Waals surface area (Å²) < 4.78 is 5.73. The van der Waals surface area contributed by atoms with E-state index in [1.165, 1.54) is 4.90 Å². The number of ether oxygens (including phenoxy) is 1. The summed E-state index contributed by atoms with van der Waals surface area (Å²) in [5.41, 5.74) is 6.69. The summed E-state index contributed by atoms with van der Waals surface area (Å²) in [7, 11) is 0. The van der Waals surface area contributed by atoms with Crippen molar-refractivity contribution in [2.75, 3.05) is 16.8 Å². The van der Waals surface area contributed by atoms with Crippen LogP contribution in [-0.4, -0.2) is 18.4 Å². The van der Waals surface area contributed by atoms with Gasteiger partial charge in [0.2, 0.25) is 0 Å². The first-order valence-corrected chi connectivity index (χ1v) is 11.1. The second-order valence-corrected chi connectivity index (χ2v) is 8.36. The maximum atomic E-state index is 13.8. The maximum absolute atomic E-state index is 13.8. The number of carbonyl (C=O) groups is 2. The standard InChI is InChI=1S/C28H28N2O3/c1-6-33-24-10-8-7-9-23(24)30-27(31)25(21-14-12-17(2)15-20(21)5)26(28(30)32)29-22-16-18(3)11-13-19(22)4/h7-16,29H,6H2,1-5H3. The van der Waals surface area contributed by atoms with Crippen molar-refractivity contribution in [1.82, 2.24) is 0 Å². The van der Waals surface area contributed by atoms with Gasteiger partial charge in [0.1, 0.15) is 11.4 Å². The first-order chi connectivity index (χ1) is 15.8. The van der Waals surface area contributed by atoms with Crippen LogP contribution in [0.4, 0.5) is 11.4 Å². The van der Waals surface area contributed by atoms with Crippen molar-refractivity contribution in [3.05, 3.63) is 94.2 Å². The third-order valence-corrected chi connectivity index (χ3v) is 5.79. The summed E-state index contributed by atoms with van der Waals surface area (Å²) in [6.07, 6.45) is 0. The van der Waals surface area contributed by atoms with Crippen LogP contribution in [-0.2, 0) is 9.59 Å². The molecule has 0 saturated carbocycles. The van der Waals surface area contributed by atoms with Gasteiger partial charge in [-0.2, -0.15) is 0 Å². The fourth-order valence-electron chi connectivity index (χ4n) is 4.13. The Bertz CT molecular complexity index is 1290. The van der Waals surface area contributed by atoms with E-state index in [-0.39, 0.29) is 11.6 Å². The Morgan fingerprint density at radius 1 is 0.818 bits per heavy atom. The summed E-state index contributed by atoms with van der Waals surface area (Å²) in [6.45, 7) is 10.2. The Hall–Kier alpha value is -3.86. The minimum absolute atomic E-state index is 0.270. The van der Waals surface area contributed by atoms with E-state index in [1.54, 1.807) is 18.2 Å². The van der Waals surface area contributed by atoms with Crippen LogP contribution in [0.1, 0.15) is 34.7 Å². The van der Waals surface area contributed by atoms with Gasteiger partial charge in [0.05, 0.1) is 17.9 Å². The van der Waals surface area contributed by atoms with Gasteiger partial charge in [-0.05, 0) is 75.1 Å². The smallest absolute Gasteiger partial charge is 0.282 e. The van der Waals surface area contributed by atoms with Gasteiger partial charge in [-0.15, -0.1) is 0 Å². The average Bonchev–Trinajstić information content (AvgIpc) is 3.01. The Morgan fingerprint density at radius 2 is 1.52 bits per heavy atom. The van der Waals surface area contributed by atoms with Crippen LogP contribution >= 0.6 is 0 Å². The number of para-hydroxylation sites is 2. The lowest BCUT2D eigenvalue weighted by Crippen LogP contribution is -2.32. The molecule has 2 amide bonds. The van der Waals surface area contributed by atoms with Gasteiger partial charge < -0.3 is 10.1 Å². The van der Waals surface area contributed by atoms with Gasteiger partial charge in [-0.25, -0.2) is 4.90 Å². The molecule has 0 fully saturated rings. The SMILES string of the molecule is CCOc1ccccc1N1C(=O)C(Nc2cc(C)ccc2C)=C(c2ccc(C)cc2C)C1=O. The van der Waals surface area contributed by atoms with E-state index in [1.807, 2.05) is 77.1 Å². The molecule has 0 aromatic heterocycles. The highest BCUT2D eigenvalue weighted by molar-refractivity contribution is 6.46. The number of hydrogen-bond acceptors (Lipinski definition) is 4. The molecule has 0 bridgehead atoms. The van der Waals surface area contributed by atoms with Crippen LogP contribution in [0.15, 0.2) is 66.4 Å². The molecule has 1 N–H and O–H groups in total. The normalized spacial score (nSPS) is 13.7. The third kappa shape index (κ3) is 4.14. The van der Waals surface area contributed by atoms with Gasteiger partial charge in [-0.3, -0.25) is 9.59 Å². The van der Waals surface area contributed by atoms with E-state index in [9.17, 15) is 9.59 Å². The zero-order valence-corrected chi connectivity index (χ0v) is 19.7. The van der Waals surface area contributed by atoms with Crippen molar-refractivity contribution in [2.24, 2.45) is 0 Å². The lowest BCUT2D eigenvalue weighted by molar-refractivity contribution is -0.120. The first kappa shape index (κ1) is 22.3. The largest absolute Gasteiger partial charge is 0.492 e. The van der Waals surface area contributed by atoms with E-state index in [0.29, 0.717) is 23.6 Å². The number of benzene rings is 3. The van der Waals surface area contributed by atoms with E-state index in [0.717, 1.165) is 33.5 Å². The topological polar surface area (TPSA) is 58.6 Å². The highest BCUT2D eigenvalue weighted by Crippen LogP contribution is 2.39. The number of aryl methyl sites for hydroxylation is 4. The van der Waals surface area contributed by atoms with Gasteiger partial charge in [0.15, 0.2) is 0 Å². The lowest BCUT2D eigenvalue weighted by Gasteiger charge is -2.19. The first-order valence-electron chi connectivity index (χ1n) is 11.1. The van der Waals surface area contributed by atoms with Crippen molar-refractivity contribution in [2.45, 2.75) is 34.6 Å². The van der Waals surface area contributed by atoms with Crippen molar-refractivity contribution < 1.29 is 14.3 Å². The molecule has 33 heavy (non-hydrogen) atoms. The van der Waals surface area contributed by atoms with Crippen LogP contribution in [0.25, 0.3) is 5.57 Å². The number of carbonyl (C=O) groups excluding carboxylic acids is 2. The zero-order valence-electron chi connectivity index (χ0n) is 19.7. The highest BCUT2D eigenvalue weighted by Gasteiger charge is 2.42. The summed E-state index contributed by atoms with van der Waals surface area (Å²) in [5.74, 6) is -0.274. The minimum Gasteiger partial charge on any atom is -0.492 e. The molecule has 3 aromatic carbocycles. The Labute approximate surface area is 194 Å². The molecule has 3 aromatic rings. The molecule has 1 heterocycles. The molecule has 0 aliphatic carbocycles. The van der Waals surface area contributed by atoms with E-state index < -0.39 is 5.91 Å². The maximum Gasteiger partial charge on any atom is 0.282 e. The Morgan fingerprint density at radius 3 is 2.24 bits per heavy atom. The van der Waals surface area contributed by atoms with Crippen LogP contribution in [0.3, 0.4) is 0 Å². The van der Waals surface area contributed by atoms with E-state index in [2.05, 4.69) is 5.32 Å². The Balaban J connectivity index is 1.89. The summed E-state index contributed by atoms with van der Waals surface area (Å²) in [6, 6.07) is 19.0. The predicted octanol–water partition coefficient (Wildman–Crippen LogP) is 5.72. The van der Waals surface area contributed by atoms with Crippen LogP contribution < -0.4 is 15.0 Å². The summed E-state index contributed by atoms with van der Waals surface area (Å²) >= 11 is 0. The van der Waals surface area contributed by atoms with Crippen LogP contribution in [0.5, 0.6) is 5.75 Å². The molecular weight excluding hydrogens is 412 g/mol. The van der Waals surface area contributed by atoms with Crippen molar-refractivity contribution >= 4 is 28.8 Å². The summed E-state index contributed by atoms with van der Waals surface area (Å²) in [4.78, 5) is 28.8. The molecule has 0 saturated heterocycles. The summed E-state index contributed by atoms with van der Waals surface area (Å²) in [5, 5.41) is 3.30. The van der Waals surface area contributed by atoms with Gasteiger partial charge >= 0.3 is 0 Å². The van der Waals surface area contributed by atoms with E-state index in [4.69, 9.17) is 4.74 Å². The van der Waals surface area contributed by atoms with Crippen LogP contribution in [0, 0.1) is 27.7 Å². The molecule has 0 radical (unpaired) electrons. The molecule has 1 aliphatic heterocycles. The second kappa shape index (κ2) is 8.94. The number of anilines is 2. The number of imide groups is 1. The molecule has 0 spiro atoms. The molecule has 5 nitrogen and oxygen atoms in total. The molecule has 0 unspecified atom stereocenters. The lowest BCUT2D eigenvalue weighted by atomic mass is 9.97. The van der Waals surface area contributed by atoms with Gasteiger partial charge in [-0.1, -0.05) is 48.0 Å². The van der Waals surface area contributed by atoms with Crippen LogP contribution in [0.2, 0.25) is 0 Å². The van der Waals surface area contributed by atoms with Gasteiger partial charge in [0, 0.05) is 5.69 Å². The van der Waals surface area contributed by atoms with Crippen molar-refractivity contribution in [3.8, 4) is 5.75 Å². The minimum atomic E-state index is -0.400. The third-order valence-electron chi connectivity index (χ3n) is 5.79. The molecule has 0 atom stereocenters. The number of hydrogen-bond donors (Lipinski definition) is 1. The molecular formula is C28H28N2O3. The molecule has 168 valence electrons. The number of rotatable bonds is 6. The predicted molar refractivity (Wildman–Crippen MR) is 132 cm³/mol. The second-order valence-electron chi connectivity index (χ2n) is 8.36. The quantitative estimate of drug-likeness (QED) is 0.499. The van der Waals surface area contributed by atoms with Crippen molar-refractivity contribution in [1.29, 1.82) is 0 Å². The monoisotopic (exact) mass is 440 g/mol.